The van der Waals surface area contributed by atoms with Gasteiger partial charge in [-0.15, -0.1) is 0 Å². The topological polar surface area (TPSA) is 94.3 Å². The summed E-state index contributed by atoms with van der Waals surface area (Å²) in [6, 6.07) is 21.6. The second-order valence-corrected chi connectivity index (χ2v) is 10.2. The van der Waals surface area contributed by atoms with E-state index in [0.717, 1.165) is 14.8 Å². The lowest BCUT2D eigenvalue weighted by atomic mass is 10.2. The Kier molecular flexibility index (Phi) is 9.31. The van der Waals surface area contributed by atoms with Crippen molar-refractivity contribution in [3.05, 3.63) is 103 Å². The molecule has 1 heterocycles. The van der Waals surface area contributed by atoms with Crippen LogP contribution < -0.4 is 4.74 Å². The fourth-order valence-electron chi connectivity index (χ4n) is 3.56. The Morgan fingerprint density at radius 1 is 1.11 bits per heavy atom. The lowest BCUT2D eigenvalue weighted by molar-refractivity contribution is -0.384. The Labute approximate surface area is 232 Å². The summed E-state index contributed by atoms with van der Waals surface area (Å²) in [6.45, 7) is 1.29. The molecule has 1 fully saturated rings. The van der Waals surface area contributed by atoms with Crippen LogP contribution in [0, 0.1) is 13.7 Å². The SMILES string of the molecule is COCCCN1C(=O)/C(=C/c2ccc(OCc3cccc([N+](=O)[O-])c3)c(I)c2)SC1=Nc1ccccc1. The van der Waals surface area contributed by atoms with E-state index in [-0.39, 0.29) is 18.2 Å². The number of para-hydroxylation sites is 1. The number of nitrogens with zero attached hydrogens (tertiary/aromatic N) is 3. The van der Waals surface area contributed by atoms with E-state index in [1.165, 1.54) is 23.9 Å². The molecule has 8 nitrogen and oxygen atoms in total. The second-order valence-electron chi connectivity index (χ2n) is 8.05. The van der Waals surface area contributed by atoms with Gasteiger partial charge in [-0.1, -0.05) is 36.4 Å². The number of non-ortho nitro benzene ring substituents is 1. The first-order valence-electron chi connectivity index (χ1n) is 11.4. The van der Waals surface area contributed by atoms with Gasteiger partial charge in [-0.3, -0.25) is 19.8 Å². The Bertz CT molecular complexity index is 1350. The predicted octanol–water partition coefficient (Wildman–Crippen LogP) is 6.42. The van der Waals surface area contributed by atoms with Crippen LogP contribution in [0.3, 0.4) is 0 Å². The molecule has 0 atom stereocenters. The van der Waals surface area contributed by atoms with Gasteiger partial charge in [0.05, 0.1) is 19.1 Å². The molecule has 1 aliphatic rings. The fraction of sp³-hybridized carbons (Fsp3) is 0.185. The molecule has 0 aliphatic carbocycles. The Morgan fingerprint density at radius 2 is 1.92 bits per heavy atom. The molecule has 3 aromatic carbocycles. The summed E-state index contributed by atoms with van der Waals surface area (Å²) in [5, 5.41) is 11.6. The van der Waals surface area contributed by atoms with Gasteiger partial charge in [-0.25, -0.2) is 4.99 Å². The van der Waals surface area contributed by atoms with Crippen LogP contribution in [0.25, 0.3) is 6.08 Å². The molecule has 0 N–H and O–H groups in total. The van der Waals surface area contributed by atoms with Crippen molar-refractivity contribution >= 4 is 62.9 Å². The van der Waals surface area contributed by atoms with Crippen molar-refractivity contribution < 1.29 is 19.2 Å². The van der Waals surface area contributed by atoms with Crippen molar-refractivity contribution in [2.24, 2.45) is 4.99 Å². The van der Waals surface area contributed by atoms with Gasteiger partial charge in [-0.05, 0) is 82.2 Å². The summed E-state index contributed by atoms with van der Waals surface area (Å²) >= 11 is 3.54. The van der Waals surface area contributed by atoms with Gasteiger partial charge in [0.1, 0.15) is 12.4 Å². The van der Waals surface area contributed by atoms with E-state index >= 15 is 0 Å². The van der Waals surface area contributed by atoms with Crippen molar-refractivity contribution in [3.63, 3.8) is 0 Å². The zero-order chi connectivity index (χ0) is 26.2. The maximum atomic E-state index is 13.2. The van der Waals surface area contributed by atoms with Crippen molar-refractivity contribution in [1.29, 1.82) is 0 Å². The third-order valence-corrected chi connectivity index (χ3v) is 7.22. The molecule has 0 aromatic heterocycles. The molecule has 10 heteroatoms. The Hall–Kier alpha value is -3.22. The van der Waals surface area contributed by atoms with Crippen molar-refractivity contribution in [2.75, 3.05) is 20.3 Å². The molecule has 0 radical (unpaired) electrons. The van der Waals surface area contributed by atoms with Crippen LogP contribution in [0.1, 0.15) is 17.5 Å². The van der Waals surface area contributed by atoms with Crippen LogP contribution in [-0.2, 0) is 16.1 Å². The van der Waals surface area contributed by atoms with Crippen LogP contribution >= 0.6 is 34.4 Å². The van der Waals surface area contributed by atoms with Gasteiger partial charge in [0.15, 0.2) is 5.17 Å². The first-order chi connectivity index (χ1) is 17.9. The third-order valence-electron chi connectivity index (χ3n) is 5.37. The number of amidine groups is 1. The largest absolute Gasteiger partial charge is 0.488 e. The van der Waals surface area contributed by atoms with Crippen LogP contribution in [0.5, 0.6) is 5.75 Å². The van der Waals surface area contributed by atoms with E-state index in [0.29, 0.717) is 41.0 Å². The van der Waals surface area contributed by atoms with E-state index in [1.54, 1.807) is 24.1 Å². The van der Waals surface area contributed by atoms with E-state index in [1.807, 2.05) is 54.6 Å². The number of amides is 1. The van der Waals surface area contributed by atoms with Gasteiger partial charge < -0.3 is 9.47 Å². The average Bonchev–Trinajstić information content (AvgIpc) is 3.18. The summed E-state index contributed by atoms with van der Waals surface area (Å²) in [7, 11) is 1.64. The van der Waals surface area contributed by atoms with Crippen LogP contribution in [0.2, 0.25) is 0 Å². The van der Waals surface area contributed by atoms with Gasteiger partial charge >= 0.3 is 0 Å². The molecule has 37 heavy (non-hydrogen) atoms. The molecule has 0 saturated carbocycles. The van der Waals surface area contributed by atoms with E-state index < -0.39 is 4.92 Å². The molecule has 190 valence electrons. The van der Waals surface area contributed by atoms with E-state index in [2.05, 4.69) is 22.6 Å². The zero-order valence-electron chi connectivity index (χ0n) is 20.0. The highest BCUT2D eigenvalue weighted by Gasteiger charge is 2.33. The number of halogens is 1. The number of hydrogen-bond donors (Lipinski definition) is 0. The number of benzene rings is 3. The molecule has 1 saturated heterocycles. The summed E-state index contributed by atoms with van der Waals surface area (Å²) in [6.07, 6.45) is 2.56. The molecule has 4 rings (SSSR count). The summed E-state index contributed by atoms with van der Waals surface area (Å²) in [5.41, 5.74) is 2.39. The van der Waals surface area contributed by atoms with Crippen molar-refractivity contribution in [2.45, 2.75) is 13.0 Å². The van der Waals surface area contributed by atoms with Crippen LogP contribution in [-0.4, -0.2) is 41.2 Å². The first-order valence-corrected chi connectivity index (χ1v) is 13.3. The smallest absolute Gasteiger partial charge is 0.269 e. The van der Waals surface area contributed by atoms with Crippen LogP contribution in [0.15, 0.2) is 82.7 Å². The number of carbonyl (C=O) groups excluding carboxylic acids is 1. The fourth-order valence-corrected chi connectivity index (χ4v) is 5.28. The van der Waals surface area contributed by atoms with Crippen molar-refractivity contribution in [1.82, 2.24) is 4.90 Å². The lowest BCUT2D eigenvalue weighted by Gasteiger charge is -2.15. The maximum Gasteiger partial charge on any atom is 0.269 e. The number of methoxy groups -OCH3 is 1. The highest BCUT2D eigenvalue weighted by molar-refractivity contribution is 14.1. The maximum absolute atomic E-state index is 13.2. The molecular weight excluding hydrogens is 605 g/mol. The zero-order valence-corrected chi connectivity index (χ0v) is 23.0. The monoisotopic (exact) mass is 629 g/mol. The normalized spacial score (nSPS) is 15.5. The number of nitro groups is 1. The van der Waals surface area contributed by atoms with E-state index in [9.17, 15) is 14.9 Å². The standard InChI is InChI=1S/C27H24IN3O5S/c1-35-14-6-13-30-26(32)25(37-27(30)29-21-8-3-2-4-9-21)17-19-11-12-24(23(28)16-19)36-18-20-7-5-10-22(15-20)31(33)34/h2-5,7-12,15-17H,6,13-14,18H2,1H3/b25-17-,29-27?. The van der Waals surface area contributed by atoms with Gasteiger partial charge in [0, 0.05) is 32.4 Å². The summed E-state index contributed by atoms with van der Waals surface area (Å²) in [4.78, 5) is 30.8. The predicted molar refractivity (Wildman–Crippen MR) is 154 cm³/mol. The van der Waals surface area contributed by atoms with Gasteiger partial charge in [0.25, 0.3) is 11.6 Å². The molecule has 0 spiro atoms. The summed E-state index contributed by atoms with van der Waals surface area (Å²) < 4.78 is 11.9. The number of hydrogen-bond acceptors (Lipinski definition) is 7. The van der Waals surface area contributed by atoms with E-state index in [4.69, 9.17) is 14.5 Å². The van der Waals surface area contributed by atoms with Crippen LogP contribution in [0.4, 0.5) is 11.4 Å². The minimum Gasteiger partial charge on any atom is -0.488 e. The highest BCUT2D eigenvalue weighted by Crippen LogP contribution is 2.35. The number of thioether (sulfide) groups is 1. The number of aliphatic imine (C=N–C) groups is 1. The highest BCUT2D eigenvalue weighted by atomic mass is 127. The van der Waals surface area contributed by atoms with Gasteiger partial charge in [-0.2, -0.15) is 0 Å². The third kappa shape index (κ3) is 7.18. The molecule has 3 aromatic rings. The second kappa shape index (κ2) is 12.8. The number of nitro benzene ring substituents is 1. The Morgan fingerprint density at radius 3 is 2.65 bits per heavy atom. The molecule has 1 amide bonds. The molecule has 0 bridgehead atoms. The Balaban J connectivity index is 1.50. The lowest BCUT2D eigenvalue weighted by Crippen LogP contribution is -2.30. The number of ether oxygens (including phenoxy) is 2. The molecule has 1 aliphatic heterocycles. The first kappa shape index (κ1) is 26.8. The summed E-state index contributed by atoms with van der Waals surface area (Å²) in [5.74, 6) is 0.573. The minimum atomic E-state index is -0.424. The number of rotatable bonds is 10. The molecular formula is C27H24IN3O5S. The van der Waals surface area contributed by atoms with Crippen molar-refractivity contribution in [3.8, 4) is 5.75 Å². The molecule has 0 unspecified atom stereocenters. The van der Waals surface area contributed by atoms with Gasteiger partial charge in [0.2, 0.25) is 0 Å². The minimum absolute atomic E-state index is 0.0305. The quantitative estimate of drug-likeness (QED) is 0.0845. The average molecular weight is 629 g/mol. The number of carbonyl (C=O) groups is 1.